The minimum Gasteiger partial charge on any atom is -0.487 e. The van der Waals surface area contributed by atoms with E-state index in [0.29, 0.717) is 18.9 Å². The molecule has 6 heteroatoms. The molecule has 0 radical (unpaired) electrons. The van der Waals surface area contributed by atoms with Crippen molar-refractivity contribution in [1.82, 2.24) is 0 Å². The summed E-state index contributed by atoms with van der Waals surface area (Å²) in [7, 11) is 1.60. The Hall–Kier alpha value is -1.82. The first-order valence-corrected chi connectivity index (χ1v) is 6.58. The van der Waals surface area contributed by atoms with Crippen LogP contribution >= 0.6 is 0 Å². The molecule has 1 aromatic rings. The topological polar surface area (TPSA) is 73.6 Å². The monoisotopic (exact) mass is 282 g/mol. The Kier molecular flexibility index (Phi) is 5.76. The summed E-state index contributed by atoms with van der Waals surface area (Å²) in [5.41, 5.74) is -0.0149. The molecule has 0 saturated carbocycles. The summed E-state index contributed by atoms with van der Waals surface area (Å²) in [6, 6.07) is 5.03. The number of nitrogens with one attached hydrogen (secondary N) is 1. The first-order chi connectivity index (χ1) is 9.41. The van der Waals surface area contributed by atoms with Crippen LogP contribution in [-0.4, -0.2) is 30.8 Å². The molecule has 0 bridgehead atoms. The first kappa shape index (κ1) is 16.2. The standard InChI is InChI=1S/C14H22N2O4/c1-5-9-20-12-8-6-7-11(13(12)16(17)18)15-14(2,3)10-19-4/h6-8,15H,5,9-10H2,1-4H3. The molecule has 0 atom stereocenters. The van der Waals surface area contributed by atoms with Crippen molar-refractivity contribution in [1.29, 1.82) is 0 Å². The number of hydrogen-bond donors (Lipinski definition) is 1. The number of rotatable bonds is 8. The zero-order valence-corrected chi connectivity index (χ0v) is 12.4. The molecule has 0 heterocycles. The van der Waals surface area contributed by atoms with Gasteiger partial charge in [-0.15, -0.1) is 0 Å². The summed E-state index contributed by atoms with van der Waals surface area (Å²) in [6.07, 6.45) is 0.796. The van der Waals surface area contributed by atoms with E-state index in [4.69, 9.17) is 9.47 Å². The Labute approximate surface area is 119 Å². The van der Waals surface area contributed by atoms with Crippen molar-refractivity contribution in [3.63, 3.8) is 0 Å². The molecule has 0 amide bonds. The third-order valence-corrected chi connectivity index (χ3v) is 2.62. The average Bonchev–Trinajstić information content (AvgIpc) is 2.35. The number of methoxy groups -OCH3 is 1. The summed E-state index contributed by atoms with van der Waals surface area (Å²) in [5.74, 6) is 0.287. The maximum Gasteiger partial charge on any atom is 0.333 e. The van der Waals surface area contributed by atoms with Crippen molar-refractivity contribution in [2.45, 2.75) is 32.7 Å². The minimum absolute atomic E-state index is 0.0369. The zero-order valence-electron chi connectivity index (χ0n) is 12.4. The predicted molar refractivity (Wildman–Crippen MR) is 78.5 cm³/mol. The molecule has 0 aliphatic rings. The summed E-state index contributed by atoms with van der Waals surface area (Å²) in [4.78, 5) is 10.9. The van der Waals surface area contributed by atoms with Gasteiger partial charge in [-0.1, -0.05) is 13.0 Å². The van der Waals surface area contributed by atoms with Crippen LogP contribution in [0.3, 0.4) is 0 Å². The van der Waals surface area contributed by atoms with E-state index in [1.54, 1.807) is 25.3 Å². The number of benzene rings is 1. The van der Waals surface area contributed by atoms with Crippen molar-refractivity contribution >= 4 is 11.4 Å². The normalized spacial score (nSPS) is 11.2. The highest BCUT2D eigenvalue weighted by Gasteiger charge is 2.26. The molecule has 0 aliphatic heterocycles. The highest BCUT2D eigenvalue weighted by Crippen LogP contribution is 2.36. The lowest BCUT2D eigenvalue weighted by Crippen LogP contribution is -2.36. The van der Waals surface area contributed by atoms with Gasteiger partial charge in [-0.3, -0.25) is 10.1 Å². The summed E-state index contributed by atoms with van der Waals surface area (Å²) in [5, 5.41) is 14.4. The maximum absolute atomic E-state index is 11.3. The van der Waals surface area contributed by atoms with E-state index in [9.17, 15) is 10.1 Å². The number of anilines is 1. The first-order valence-electron chi connectivity index (χ1n) is 6.58. The molecule has 20 heavy (non-hydrogen) atoms. The van der Waals surface area contributed by atoms with Crippen molar-refractivity contribution < 1.29 is 14.4 Å². The number of nitrogens with zero attached hydrogens (tertiary/aromatic N) is 1. The maximum atomic E-state index is 11.3. The smallest absolute Gasteiger partial charge is 0.333 e. The van der Waals surface area contributed by atoms with E-state index in [1.165, 1.54) is 0 Å². The Morgan fingerprint density at radius 2 is 2.10 bits per heavy atom. The van der Waals surface area contributed by atoms with Crippen LogP contribution in [-0.2, 0) is 4.74 Å². The van der Waals surface area contributed by atoms with Crippen LogP contribution in [0.2, 0.25) is 0 Å². The van der Waals surface area contributed by atoms with E-state index >= 15 is 0 Å². The van der Waals surface area contributed by atoms with Gasteiger partial charge in [0, 0.05) is 7.11 Å². The molecule has 1 N–H and O–H groups in total. The number of hydrogen-bond acceptors (Lipinski definition) is 5. The molecule has 1 aromatic carbocycles. The van der Waals surface area contributed by atoms with Crippen molar-refractivity contribution in [3.8, 4) is 5.75 Å². The molecule has 0 saturated heterocycles. The zero-order chi connectivity index (χ0) is 15.2. The minimum atomic E-state index is -0.420. The third kappa shape index (κ3) is 4.38. The lowest BCUT2D eigenvalue weighted by atomic mass is 10.1. The van der Waals surface area contributed by atoms with E-state index in [2.05, 4.69) is 5.32 Å². The van der Waals surface area contributed by atoms with Gasteiger partial charge >= 0.3 is 5.69 Å². The summed E-state index contributed by atoms with van der Waals surface area (Å²) in [6.45, 7) is 6.67. The van der Waals surface area contributed by atoms with Gasteiger partial charge in [0.25, 0.3) is 0 Å². The second kappa shape index (κ2) is 7.09. The molecule has 0 fully saturated rings. The van der Waals surface area contributed by atoms with E-state index in [1.807, 2.05) is 20.8 Å². The number of nitro groups is 1. The van der Waals surface area contributed by atoms with Crippen LogP contribution in [0.5, 0.6) is 5.75 Å². The second-order valence-electron chi connectivity index (χ2n) is 5.20. The summed E-state index contributed by atoms with van der Waals surface area (Å²) < 4.78 is 10.6. The van der Waals surface area contributed by atoms with Gasteiger partial charge in [0.1, 0.15) is 5.69 Å². The Morgan fingerprint density at radius 3 is 2.65 bits per heavy atom. The van der Waals surface area contributed by atoms with E-state index in [-0.39, 0.29) is 11.4 Å². The second-order valence-corrected chi connectivity index (χ2v) is 5.20. The van der Waals surface area contributed by atoms with Crippen LogP contribution in [0, 0.1) is 10.1 Å². The third-order valence-electron chi connectivity index (χ3n) is 2.62. The van der Waals surface area contributed by atoms with Crippen molar-refractivity contribution in [2.75, 3.05) is 25.6 Å². The van der Waals surface area contributed by atoms with Crippen LogP contribution in [0.1, 0.15) is 27.2 Å². The lowest BCUT2D eigenvalue weighted by Gasteiger charge is -2.26. The van der Waals surface area contributed by atoms with Gasteiger partial charge in [0.15, 0.2) is 5.75 Å². The van der Waals surface area contributed by atoms with E-state index < -0.39 is 10.5 Å². The number of nitro benzene ring substituents is 1. The number of para-hydroxylation sites is 1. The van der Waals surface area contributed by atoms with Gasteiger partial charge in [0.05, 0.1) is 23.7 Å². The van der Waals surface area contributed by atoms with Gasteiger partial charge in [-0.2, -0.15) is 0 Å². The van der Waals surface area contributed by atoms with Crippen LogP contribution < -0.4 is 10.1 Å². The fraction of sp³-hybridized carbons (Fsp3) is 0.571. The molecule has 0 aromatic heterocycles. The molecule has 112 valence electrons. The van der Waals surface area contributed by atoms with Crippen LogP contribution in [0.15, 0.2) is 18.2 Å². The molecule has 0 aliphatic carbocycles. The van der Waals surface area contributed by atoms with Crippen molar-refractivity contribution in [3.05, 3.63) is 28.3 Å². The average molecular weight is 282 g/mol. The molecule has 0 unspecified atom stereocenters. The van der Waals surface area contributed by atoms with Gasteiger partial charge in [-0.05, 0) is 32.4 Å². The fourth-order valence-electron chi connectivity index (χ4n) is 1.90. The van der Waals surface area contributed by atoms with E-state index in [0.717, 1.165) is 6.42 Å². The Morgan fingerprint density at radius 1 is 1.40 bits per heavy atom. The highest BCUT2D eigenvalue weighted by molar-refractivity contribution is 5.69. The Balaban J connectivity index is 3.09. The fourth-order valence-corrected chi connectivity index (χ4v) is 1.90. The van der Waals surface area contributed by atoms with Gasteiger partial charge < -0.3 is 14.8 Å². The van der Waals surface area contributed by atoms with Crippen LogP contribution in [0.4, 0.5) is 11.4 Å². The molecule has 1 rings (SSSR count). The van der Waals surface area contributed by atoms with Crippen molar-refractivity contribution in [2.24, 2.45) is 0 Å². The number of ether oxygens (including phenoxy) is 2. The lowest BCUT2D eigenvalue weighted by molar-refractivity contribution is -0.385. The van der Waals surface area contributed by atoms with Gasteiger partial charge in [0.2, 0.25) is 0 Å². The Bertz CT molecular complexity index is 460. The SMILES string of the molecule is CCCOc1cccc(NC(C)(C)COC)c1[N+](=O)[O-]. The molecular weight excluding hydrogens is 260 g/mol. The highest BCUT2D eigenvalue weighted by atomic mass is 16.6. The predicted octanol–water partition coefficient (Wildman–Crippen LogP) is 3.22. The molecule has 0 spiro atoms. The van der Waals surface area contributed by atoms with Gasteiger partial charge in [-0.25, -0.2) is 0 Å². The molecular formula is C14H22N2O4. The summed E-state index contributed by atoms with van der Waals surface area (Å²) >= 11 is 0. The molecule has 6 nitrogen and oxygen atoms in total. The van der Waals surface area contributed by atoms with Crippen LogP contribution in [0.25, 0.3) is 0 Å². The quantitative estimate of drug-likeness (QED) is 0.585. The largest absolute Gasteiger partial charge is 0.487 e.